The molecule has 0 aliphatic carbocycles. The SMILES string of the molecule is Cc1ccc(CCN2Cc3cc(C)ccc3NC2=O)cc1. The maximum absolute atomic E-state index is 12.1. The number of rotatable bonds is 3. The Morgan fingerprint density at radius 2 is 1.76 bits per heavy atom. The van der Waals surface area contributed by atoms with E-state index in [2.05, 4.69) is 49.5 Å². The molecule has 0 saturated heterocycles. The molecule has 21 heavy (non-hydrogen) atoms. The van der Waals surface area contributed by atoms with E-state index in [4.69, 9.17) is 0 Å². The maximum Gasteiger partial charge on any atom is 0.322 e. The number of nitrogens with one attached hydrogen (secondary N) is 1. The molecule has 0 unspecified atom stereocenters. The number of nitrogens with zero attached hydrogens (tertiary/aromatic N) is 1. The quantitative estimate of drug-likeness (QED) is 0.908. The number of hydrogen-bond acceptors (Lipinski definition) is 1. The van der Waals surface area contributed by atoms with Crippen LogP contribution in [0.5, 0.6) is 0 Å². The van der Waals surface area contributed by atoms with Gasteiger partial charge in [-0.15, -0.1) is 0 Å². The van der Waals surface area contributed by atoms with E-state index in [1.54, 1.807) is 0 Å². The Bertz CT molecular complexity index is 661. The third-order valence-electron chi connectivity index (χ3n) is 3.94. The summed E-state index contributed by atoms with van der Waals surface area (Å²) in [7, 11) is 0. The first-order valence-corrected chi connectivity index (χ1v) is 7.33. The van der Waals surface area contributed by atoms with Crippen LogP contribution in [0.25, 0.3) is 0 Å². The van der Waals surface area contributed by atoms with Crippen molar-refractivity contribution >= 4 is 11.7 Å². The van der Waals surface area contributed by atoms with Crippen molar-refractivity contribution in [3.05, 3.63) is 64.7 Å². The van der Waals surface area contributed by atoms with Gasteiger partial charge in [-0.2, -0.15) is 0 Å². The number of fused-ring (bicyclic) bond motifs is 1. The van der Waals surface area contributed by atoms with Gasteiger partial charge in [-0.1, -0.05) is 47.5 Å². The molecule has 3 rings (SSSR count). The molecule has 1 aliphatic heterocycles. The molecule has 108 valence electrons. The fourth-order valence-corrected chi connectivity index (χ4v) is 2.65. The Hall–Kier alpha value is -2.29. The van der Waals surface area contributed by atoms with Crippen molar-refractivity contribution in [2.24, 2.45) is 0 Å². The van der Waals surface area contributed by atoms with Crippen LogP contribution >= 0.6 is 0 Å². The number of carbonyl (C=O) groups is 1. The Morgan fingerprint density at radius 3 is 2.52 bits per heavy atom. The zero-order chi connectivity index (χ0) is 14.8. The van der Waals surface area contributed by atoms with Crippen LogP contribution in [0, 0.1) is 13.8 Å². The van der Waals surface area contributed by atoms with Gasteiger partial charge in [-0.3, -0.25) is 0 Å². The van der Waals surface area contributed by atoms with Crippen molar-refractivity contribution in [2.45, 2.75) is 26.8 Å². The van der Waals surface area contributed by atoms with Crippen molar-refractivity contribution in [1.29, 1.82) is 0 Å². The summed E-state index contributed by atoms with van der Waals surface area (Å²) < 4.78 is 0. The van der Waals surface area contributed by atoms with Crippen LogP contribution in [0.1, 0.15) is 22.3 Å². The first-order valence-electron chi connectivity index (χ1n) is 7.33. The molecule has 0 spiro atoms. The van der Waals surface area contributed by atoms with E-state index in [1.807, 2.05) is 17.0 Å². The number of benzene rings is 2. The molecule has 2 aromatic rings. The number of amides is 2. The highest BCUT2D eigenvalue weighted by Gasteiger charge is 2.21. The Kier molecular flexibility index (Phi) is 3.65. The summed E-state index contributed by atoms with van der Waals surface area (Å²) in [6.07, 6.45) is 0.884. The van der Waals surface area contributed by atoms with Crippen molar-refractivity contribution in [1.82, 2.24) is 4.90 Å². The molecular formula is C18H20N2O. The standard InChI is InChI=1S/C18H20N2O/c1-13-3-6-15(7-4-13)9-10-20-12-16-11-14(2)5-8-17(16)19-18(20)21/h3-8,11H,9-10,12H2,1-2H3,(H,19,21). The van der Waals surface area contributed by atoms with Gasteiger partial charge in [0.2, 0.25) is 0 Å². The van der Waals surface area contributed by atoms with E-state index in [1.165, 1.54) is 22.3 Å². The number of aryl methyl sites for hydroxylation is 2. The Balaban J connectivity index is 1.69. The highest BCUT2D eigenvalue weighted by molar-refractivity contribution is 5.92. The van der Waals surface area contributed by atoms with Crippen LogP contribution in [0.3, 0.4) is 0 Å². The molecule has 3 heteroatoms. The summed E-state index contributed by atoms with van der Waals surface area (Å²) in [5.74, 6) is 0. The molecule has 0 bridgehead atoms. The second-order valence-corrected chi connectivity index (χ2v) is 5.75. The van der Waals surface area contributed by atoms with Crippen LogP contribution in [-0.2, 0) is 13.0 Å². The third-order valence-corrected chi connectivity index (χ3v) is 3.94. The first kappa shape index (κ1) is 13.7. The number of urea groups is 1. The van der Waals surface area contributed by atoms with E-state index in [-0.39, 0.29) is 6.03 Å². The zero-order valence-electron chi connectivity index (χ0n) is 12.5. The minimum absolute atomic E-state index is 0.00142. The van der Waals surface area contributed by atoms with Crippen LogP contribution in [0.4, 0.5) is 10.5 Å². The Morgan fingerprint density at radius 1 is 1.05 bits per heavy atom. The monoisotopic (exact) mass is 280 g/mol. The molecule has 0 atom stereocenters. The fraction of sp³-hybridized carbons (Fsp3) is 0.278. The summed E-state index contributed by atoms with van der Waals surface area (Å²) in [5.41, 5.74) is 5.89. The van der Waals surface area contributed by atoms with Gasteiger partial charge in [0.1, 0.15) is 0 Å². The normalized spacial score (nSPS) is 13.8. The van der Waals surface area contributed by atoms with Gasteiger partial charge in [-0.05, 0) is 37.5 Å². The second-order valence-electron chi connectivity index (χ2n) is 5.75. The van der Waals surface area contributed by atoms with Crippen molar-refractivity contribution in [3.8, 4) is 0 Å². The average Bonchev–Trinajstić information content (AvgIpc) is 2.47. The molecule has 0 fully saturated rings. The lowest BCUT2D eigenvalue weighted by Crippen LogP contribution is -2.39. The van der Waals surface area contributed by atoms with Gasteiger partial charge in [0, 0.05) is 18.8 Å². The van der Waals surface area contributed by atoms with E-state index < -0.39 is 0 Å². The average molecular weight is 280 g/mol. The summed E-state index contributed by atoms with van der Waals surface area (Å²) in [6, 6.07) is 14.7. The molecule has 1 aliphatic rings. The predicted molar refractivity (Wildman–Crippen MR) is 85.5 cm³/mol. The van der Waals surface area contributed by atoms with E-state index >= 15 is 0 Å². The fourth-order valence-electron chi connectivity index (χ4n) is 2.65. The van der Waals surface area contributed by atoms with E-state index in [9.17, 15) is 4.79 Å². The lowest BCUT2D eigenvalue weighted by atomic mass is 10.1. The largest absolute Gasteiger partial charge is 0.322 e. The number of carbonyl (C=O) groups excluding carboxylic acids is 1. The zero-order valence-corrected chi connectivity index (χ0v) is 12.5. The van der Waals surface area contributed by atoms with Crippen molar-refractivity contribution < 1.29 is 4.79 Å². The van der Waals surface area contributed by atoms with E-state index in [0.717, 1.165) is 18.7 Å². The molecule has 2 aromatic carbocycles. The summed E-state index contributed by atoms with van der Waals surface area (Å²) in [4.78, 5) is 14.0. The molecule has 0 saturated carbocycles. The highest BCUT2D eigenvalue weighted by atomic mass is 16.2. The second kappa shape index (κ2) is 5.60. The van der Waals surface area contributed by atoms with E-state index in [0.29, 0.717) is 6.54 Å². The van der Waals surface area contributed by atoms with Gasteiger partial charge in [-0.25, -0.2) is 4.79 Å². The molecule has 0 aromatic heterocycles. The third kappa shape index (κ3) is 3.07. The number of hydrogen-bond donors (Lipinski definition) is 1. The predicted octanol–water partition coefficient (Wildman–Crippen LogP) is 3.89. The van der Waals surface area contributed by atoms with Crippen LogP contribution in [0.15, 0.2) is 42.5 Å². The molecule has 2 amide bonds. The highest BCUT2D eigenvalue weighted by Crippen LogP contribution is 2.24. The summed E-state index contributed by atoms with van der Waals surface area (Å²) >= 11 is 0. The van der Waals surface area contributed by atoms with Crippen molar-refractivity contribution in [3.63, 3.8) is 0 Å². The first-order chi connectivity index (χ1) is 10.1. The summed E-state index contributed by atoms with van der Waals surface area (Å²) in [5, 5.41) is 2.97. The minimum Gasteiger partial charge on any atom is -0.320 e. The lowest BCUT2D eigenvalue weighted by molar-refractivity contribution is 0.207. The van der Waals surface area contributed by atoms with Gasteiger partial charge < -0.3 is 10.2 Å². The molecule has 1 N–H and O–H groups in total. The van der Waals surface area contributed by atoms with Crippen LogP contribution in [0.2, 0.25) is 0 Å². The molecule has 1 heterocycles. The molecular weight excluding hydrogens is 260 g/mol. The van der Waals surface area contributed by atoms with Crippen LogP contribution < -0.4 is 5.32 Å². The molecule has 3 nitrogen and oxygen atoms in total. The van der Waals surface area contributed by atoms with Crippen LogP contribution in [-0.4, -0.2) is 17.5 Å². The lowest BCUT2D eigenvalue weighted by Gasteiger charge is -2.29. The van der Waals surface area contributed by atoms with Gasteiger partial charge in [0.15, 0.2) is 0 Å². The molecule has 0 radical (unpaired) electrons. The van der Waals surface area contributed by atoms with Gasteiger partial charge >= 0.3 is 6.03 Å². The Labute approximate surface area is 125 Å². The minimum atomic E-state index is -0.00142. The van der Waals surface area contributed by atoms with Gasteiger partial charge in [0.05, 0.1) is 0 Å². The summed E-state index contributed by atoms with van der Waals surface area (Å²) in [6.45, 7) is 5.59. The van der Waals surface area contributed by atoms with Crippen molar-refractivity contribution in [2.75, 3.05) is 11.9 Å². The maximum atomic E-state index is 12.1. The van der Waals surface area contributed by atoms with Gasteiger partial charge in [0.25, 0.3) is 0 Å². The topological polar surface area (TPSA) is 32.3 Å². The smallest absolute Gasteiger partial charge is 0.320 e. The number of anilines is 1.